The number of esters is 2. The van der Waals surface area contributed by atoms with E-state index < -0.39 is 41.9 Å². The molecule has 2 rings (SSSR count). The Morgan fingerprint density at radius 2 is 1.55 bits per heavy atom. The summed E-state index contributed by atoms with van der Waals surface area (Å²) >= 11 is 0. The summed E-state index contributed by atoms with van der Waals surface area (Å²) in [7, 11) is 2.37. The highest BCUT2D eigenvalue weighted by Crippen LogP contribution is 2.24. The minimum atomic E-state index is -1.05. The Morgan fingerprint density at radius 1 is 0.970 bits per heavy atom. The van der Waals surface area contributed by atoms with E-state index in [0.717, 1.165) is 37.0 Å². The number of nitrogens with zero attached hydrogens (tertiary/aromatic N) is 1. The number of anilines is 1. The zero-order valence-corrected chi connectivity index (χ0v) is 19.5. The maximum atomic E-state index is 12.9. The highest BCUT2D eigenvalue weighted by Gasteiger charge is 2.47. The first-order chi connectivity index (χ1) is 15.6. The first-order valence-corrected chi connectivity index (χ1v) is 10.9. The van der Waals surface area contributed by atoms with Gasteiger partial charge in [0.05, 0.1) is 25.3 Å². The lowest BCUT2D eigenvalue weighted by atomic mass is 9.94. The number of nitrogens with one attached hydrogen (secondary N) is 2. The predicted molar refractivity (Wildman–Crippen MR) is 120 cm³/mol. The lowest BCUT2D eigenvalue weighted by Crippen LogP contribution is -2.44. The van der Waals surface area contributed by atoms with Crippen molar-refractivity contribution in [3.8, 4) is 0 Å². The maximum absolute atomic E-state index is 12.9. The van der Waals surface area contributed by atoms with Crippen LogP contribution in [0.2, 0.25) is 0 Å². The number of hydrogen-bond acceptors (Lipinski definition) is 7. The lowest BCUT2D eigenvalue weighted by molar-refractivity contribution is -0.133. The second-order valence-electron chi connectivity index (χ2n) is 8.15. The average molecular weight is 462 g/mol. The molecule has 1 aliphatic heterocycles. The number of hydrogen-bond donors (Lipinski definition) is 2. The predicted octanol–water partition coefficient (Wildman–Crippen LogP) is 2.87. The van der Waals surface area contributed by atoms with E-state index in [1.807, 2.05) is 0 Å². The Hall–Kier alpha value is -3.43. The van der Waals surface area contributed by atoms with Crippen LogP contribution in [0.4, 0.5) is 10.5 Å². The molecule has 0 bridgehead atoms. The van der Waals surface area contributed by atoms with Gasteiger partial charge in [-0.15, -0.1) is 0 Å². The molecular formula is C23H31N3O7. The monoisotopic (exact) mass is 461 g/mol. The number of unbranched alkanes of at least 4 members (excludes halogenated alkanes) is 4. The number of ether oxygens (including phenoxy) is 2. The summed E-state index contributed by atoms with van der Waals surface area (Å²) in [6.07, 6.45) is 5.55. The number of amides is 4. The third-order valence-electron chi connectivity index (χ3n) is 5.49. The van der Waals surface area contributed by atoms with E-state index in [9.17, 15) is 24.0 Å². The molecule has 1 fully saturated rings. The fourth-order valence-corrected chi connectivity index (χ4v) is 3.66. The van der Waals surface area contributed by atoms with Gasteiger partial charge in [-0.1, -0.05) is 39.0 Å². The number of imide groups is 1. The van der Waals surface area contributed by atoms with Crippen LogP contribution in [-0.2, 0) is 19.1 Å². The first kappa shape index (κ1) is 25.8. The molecule has 2 N–H and O–H groups in total. The Morgan fingerprint density at radius 3 is 2.09 bits per heavy atom. The summed E-state index contributed by atoms with van der Waals surface area (Å²) in [4.78, 5) is 62.5. The van der Waals surface area contributed by atoms with E-state index in [0.29, 0.717) is 6.42 Å². The third-order valence-corrected chi connectivity index (χ3v) is 5.49. The summed E-state index contributed by atoms with van der Waals surface area (Å²) in [5.74, 6) is -2.54. The smallest absolute Gasteiger partial charge is 0.337 e. The number of urea groups is 1. The Kier molecular flexibility index (Phi) is 8.95. The van der Waals surface area contributed by atoms with Gasteiger partial charge in [0.2, 0.25) is 5.91 Å². The van der Waals surface area contributed by atoms with E-state index in [2.05, 4.69) is 27.0 Å². The number of benzene rings is 1. The third kappa shape index (κ3) is 6.53. The first-order valence-electron chi connectivity index (χ1n) is 10.9. The van der Waals surface area contributed by atoms with Crippen LogP contribution in [0.5, 0.6) is 0 Å². The van der Waals surface area contributed by atoms with Gasteiger partial charge < -0.3 is 20.1 Å². The van der Waals surface area contributed by atoms with E-state index >= 15 is 0 Å². The largest absolute Gasteiger partial charge is 0.465 e. The quantitative estimate of drug-likeness (QED) is 0.294. The van der Waals surface area contributed by atoms with Crippen molar-refractivity contribution < 1.29 is 33.4 Å². The van der Waals surface area contributed by atoms with Crippen molar-refractivity contribution in [1.82, 2.24) is 10.2 Å². The normalized spacial score (nSPS) is 17.5. The molecule has 180 valence electrons. The number of methoxy groups -OCH3 is 2. The van der Waals surface area contributed by atoms with Gasteiger partial charge >= 0.3 is 18.0 Å². The highest BCUT2D eigenvalue weighted by atomic mass is 16.5. The summed E-state index contributed by atoms with van der Waals surface area (Å²) in [5, 5.41) is 5.20. The molecule has 10 nitrogen and oxygen atoms in total. The zero-order valence-electron chi connectivity index (χ0n) is 19.5. The Balaban J connectivity index is 2.08. The van der Waals surface area contributed by atoms with Gasteiger partial charge in [0.25, 0.3) is 5.91 Å². The fourth-order valence-electron chi connectivity index (χ4n) is 3.66. The van der Waals surface area contributed by atoms with Crippen molar-refractivity contribution in [3.63, 3.8) is 0 Å². The second kappa shape index (κ2) is 11.4. The molecule has 1 saturated heterocycles. The summed E-state index contributed by atoms with van der Waals surface area (Å²) in [6.45, 7) is 3.27. The molecule has 0 saturated carbocycles. The summed E-state index contributed by atoms with van der Waals surface area (Å²) < 4.78 is 9.33. The van der Waals surface area contributed by atoms with Gasteiger partial charge in [-0.25, -0.2) is 14.4 Å². The molecule has 1 unspecified atom stereocenters. The minimum absolute atomic E-state index is 0.0290. The SMILES string of the molecule is CCCCCCCC1(C)NC(=O)N(CC(=O)Nc2cc(C(=O)OC)cc(C(=O)OC)c2)C1=O. The molecular weight excluding hydrogens is 430 g/mol. The molecule has 33 heavy (non-hydrogen) atoms. The topological polar surface area (TPSA) is 131 Å². The van der Waals surface area contributed by atoms with Crippen LogP contribution in [0.15, 0.2) is 18.2 Å². The molecule has 1 heterocycles. The Bertz CT molecular complexity index is 896. The van der Waals surface area contributed by atoms with E-state index in [1.165, 1.54) is 32.4 Å². The van der Waals surface area contributed by atoms with Gasteiger partial charge in [0.15, 0.2) is 0 Å². The van der Waals surface area contributed by atoms with Gasteiger partial charge in [0, 0.05) is 5.69 Å². The molecule has 10 heteroatoms. The van der Waals surface area contributed by atoms with Crippen molar-refractivity contribution in [3.05, 3.63) is 29.3 Å². The van der Waals surface area contributed by atoms with Gasteiger partial charge in [-0.3, -0.25) is 14.5 Å². The number of carbonyl (C=O) groups excluding carboxylic acids is 5. The van der Waals surface area contributed by atoms with E-state index in [4.69, 9.17) is 0 Å². The zero-order chi connectivity index (χ0) is 24.6. The molecule has 1 aromatic rings. The summed E-state index contributed by atoms with van der Waals surface area (Å²) in [6, 6.07) is 3.28. The Labute approximate surface area is 193 Å². The van der Waals surface area contributed by atoms with Crippen LogP contribution in [0.25, 0.3) is 0 Å². The average Bonchev–Trinajstić information content (AvgIpc) is 3.00. The van der Waals surface area contributed by atoms with Crippen molar-refractivity contribution in [2.45, 2.75) is 57.9 Å². The van der Waals surface area contributed by atoms with Crippen molar-refractivity contribution in [2.75, 3.05) is 26.1 Å². The van der Waals surface area contributed by atoms with Crippen LogP contribution in [0, 0.1) is 0 Å². The van der Waals surface area contributed by atoms with Crippen molar-refractivity contribution in [1.29, 1.82) is 0 Å². The second-order valence-corrected chi connectivity index (χ2v) is 8.15. The lowest BCUT2D eigenvalue weighted by Gasteiger charge is -2.21. The summed E-state index contributed by atoms with van der Waals surface area (Å²) in [5.41, 5.74) is -0.872. The van der Waals surface area contributed by atoms with Gasteiger partial charge in [-0.05, 0) is 31.5 Å². The molecule has 4 amide bonds. The maximum Gasteiger partial charge on any atom is 0.337 e. The molecule has 1 aromatic carbocycles. The van der Waals surface area contributed by atoms with Crippen LogP contribution < -0.4 is 10.6 Å². The van der Waals surface area contributed by atoms with Crippen molar-refractivity contribution >= 4 is 35.5 Å². The van der Waals surface area contributed by atoms with E-state index in [-0.39, 0.29) is 16.8 Å². The van der Waals surface area contributed by atoms with E-state index in [1.54, 1.807) is 6.92 Å². The molecule has 1 aliphatic rings. The van der Waals surface area contributed by atoms with Crippen LogP contribution >= 0.6 is 0 Å². The van der Waals surface area contributed by atoms with Crippen LogP contribution in [0.3, 0.4) is 0 Å². The molecule has 0 radical (unpaired) electrons. The molecule has 0 aliphatic carbocycles. The molecule has 0 spiro atoms. The number of carbonyl (C=O) groups is 5. The van der Waals surface area contributed by atoms with Crippen LogP contribution in [0.1, 0.15) is 73.1 Å². The van der Waals surface area contributed by atoms with Crippen molar-refractivity contribution in [2.24, 2.45) is 0 Å². The minimum Gasteiger partial charge on any atom is -0.465 e. The highest BCUT2D eigenvalue weighted by molar-refractivity contribution is 6.10. The molecule has 0 aromatic heterocycles. The number of rotatable bonds is 11. The van der Waals surface area contributed by atoms with Gasteiger partial charge in [0.1, 0.15) is 12.1 Å². The molecule has 1 atom stereocenters. The fraction of sp³-hybridized carbons (Fsp3) is 0.522. The van der Waals surface area contributed by atoms with Gasteiger partial charge in [-0.2, -0.15) is 0 Å². The standard InChI is InChI=1S/C23H31N3O7/c1-5-6-7-8-9-10-23(2)21(30)26(22(31)25-23)14-18(27)24-17-12-15(19(28)32-3)11-16(13-17)20(29)33-4/h11-13H,5-10,14H2,1-4H3,(H,24,27)(H,25,31). The van der Waals surface area contributed by atoms with Crippen LogP contribution in [-0.4, -0.2) is 61.0 Å².